The SMILES string of the molecule is Cc1cc(C(=O)O[C@@H](C(=O)NC2CC2)c2ccccc2)c(C)n1C(C)C. The molecule has 1 aliphatic rings. The predicted octanol–water partition coefficient (Wildman–Crippen LogP) is 3.86. The van der Waals surface area contributed by atoms with E-state index in [4.69, 9.17) is 4.74 Å². The van der Waals surface area contributed by atoms with Gasteiger partial charge in [0.1, 0.15) is 0 Å². The minimum atomic E-state index is -0.939. The first-order chi connectivity index (χ1) is 12.4. The first-order valence-electron chi connectivity index (χ1n) is 9.13. The molecule has 5 nitrogen and oxygen atoms in total. The minimum absolute atomic E-state index is 0.207. The van der Waals surface area contributed by atoms with Gasteiger partial charge in [0.2, 0.25) is 6.10 Å². The van der Waals surface area contributed by atoms with Gasteiger partial charge in [-0.15, -0.1) is 0 Å². The number of ether oxygens (including phenoxy) is 1. The highest BCUT2D eigenvalue weighted by atomic mass is 16.5. The zero-order valence-corrected chi connectivity index (χ0v) is 15.8. The van der Waals surface area contributed by atoms with Gasteiger partial charge in [-0.25, -0.2) is 4.79 Å². The van der Waals surface area contributed by atoms with Gasteiger partial charge < -0.3 is 14.6 Å². The number of rotatable bonds is 6. The van der Waals surface area contributed by atoms with E-state index in [2.05, 4.69) is 23.7 Å². The van der Waals surface area contributed by atoms with Crippen LogP contribution >= 0.6 is 0 Å². The van der Waals surface area contributed by atoms with Gasteiger partial charge in [0.05, 0.1) is 5.56 Å². The third kappa shape index (κ3) is 3.82. The molecule has 0 bridgehead atoms. The number of aromatic nitrogens is 1. The van der Waals surface area contributed by atoms with E-state index < -0.39 is 12.1 Å². The van der Waals surface area contributed by atoms with Crippen LogP contribution in [0, 0.1) is 13.8 Å². The monoisotopic (exact) mass is 354 g/mol. The number of carbonyl (C=O) groups is 2. The molecule has 0 spiro atoms. The van der Waals surface area contributed by atoms with Crippen molar-refractivity contribution in [2.24, 2.45) is 0 Å². The molecule has 0 aliphatic heterocycles. The molecule has 1 fully saturated rings. The summed E-state index contributed by atoms with van der Waals surface area (Å²) in [4.78, 5) is 25.5. The van der Waals surface area contributed by atoms with Crippen molar-refractivity contribution in [3.05, 3.63) is 58.9 Å². The molecule has 1 aromatic heterocycles. The molecule has 3 rings (SSSR count). The second-order valence-corrected chi connectivity index (χ2v) is 7.23. The maximum Gasteiger partial charge on any atom is 0.341 e. The molecular weight excluding hydrogens is 328 g/mol. The molecule has 1 N–H and O–H groups in total. The van der Waals surface area contributed by atoms with Crippen molar-refractivity contribution in [2.75, 3.05) is 0 Å². The molecule has 0 saturated heterocycles. The topological polar surface area (TPSA) is 60.3 Å². The molecule has 5 heteroatoms. The molecular formula is C21H26N2O3. The van der Waals surface area contributed by atoms with E-state index in [0.717, 1.165) is 24.2 Å². The Morgan fingerprint density at radius 1 is 1.15 bits per heavy atom. The van der Waals surface area contributed by atoms with E-state index in [1.165, 1.54) is 0 Å². The lowest BCUT2D eigenvalue weighted by Gasteiger charge is -2.18. The molecule has 1 atom stereocenters. The summed E-state index contributed by atoms with van der Waals surface area (Å²) in [5, 5.41) is 2.94. The van der Waals surface area contributed by atoms with Crippen molar-refractivity contribution in [3.63, 3.8) is 0 Å². The van der Waals surface area contributed by atoms with Crippen molar-refractivity contribution in [1.29, 1.82) is 0 Å². The fourth-order valence-corrected chi connectivity index (χ4v) is 3.35. The highest BCUT2D eigenvalue weighted by Crippen LogP contribution is 2.26. The normalized spacial score (nSPS) is 15.0. The molecule has 1 saturated carbocycles. The highest BCUT2D eigenvalue weighted by Gasteiger charge is 2.31. The number of esters is 1. The predicted molar refractivity (Wildman–Crippen MR) is 100 cm³/mol. The second-order valence-electron chi connectivity index (χ2n) is 7.23. The molecule has 1 aromatic carbocycles. The van der Waals surface area contributed by atoms with E-state index >= 15 is 0 Å². The van der Waals surface area contributed by atoms with Crippen LogP contribution in [-0.2, 0) is 9.53 Å². The van der Waals surface area contributed by atoms with Crippen LogP contribution in [0.5, 0.6) is 0 Å². The second kappa shape index (κ2) is 7.36. The Morgan fingerprint density at radius 2 is 1.81 bits per heavy atom. The summed E-state index contributed by atoms with van der Waals surface area (Å²) in [7, 11) is 0. The maximum atomic E-state index is 12.8. The maximum absolute atomic E-state index is 12.8. The minimum Gasteiger partial charge on any atom is -0.444 e. The fraction of sp³-hybridized carbons (Fsp3) is 0.429. The van der Waals surface area contributed by atoms with E-state index in [1.807, 2.05) is 50.2 Å². The number of nitrogens with one attached hydrogen (secondary N) is 1. The van der Waals surface area contributed by atoms with Gasteiger partial charge in [-0.1, -0.05) is 30.3 Å². The lowest BCUT2D eigenvalue weighted by atomic mass is 10.1. The zero-order chi connectivity index (χ0) is 18.8. The molecule has 2 aromatic rings. The van der Waals surface area contributed by atoms with Crippen molar-refractivity contribution in [3.8, 4) is 0 Å². The van der Waals surface area contributed by atoms with Crippen LogP contribution in [0.25, 0.3) is 0 Å². The standard InChI is InChI=1S/C21H26N2O3/c1-13(2)23-14(3)12-18(15(23)4)21(25)26-19(16-8-6-5-7-9-16)20(24)22-17-10-11-17/h5-9,12-13,17,19H,10-11H2,1-4H3,(H,22,24)/t19-/m1/s1. The van der Waals surface area contributed by atoms with Crippen molar-refractivity contribution >= 4 is 11.9 Å². The van der Waals surface area contributed by atoms with E-state index in [1.54, 1.807) is 0 Å². The molecule has 0 radical (unpaired) electrons. The number of benzene rings is 1. The van der Waals surface area contributed by atoms with E-state index in [-0.39, 0.29) is 18.0 Å². The summed E-state index contributed by atoms with van der Waals surface area (Å²) in [6.07, 6.45) is 1.03. The largest absolute Gasteiger partial charge is 0.444 e. The highest BCUT2D eigenvalue weighted by molar-refractivity contribution is 5.94. The fourth-order valence-electron chi connectivity index (χ4n) is 3.35. The van der Waals surface area contributed by atoms with Crippen molar-refractivity contribution in [2.45, 2.75) is 58.7 Å². The smallest absolute Gasteiger partial charge is 0.341 e. The summed E-state index contributed by atoms with van der Waals surface area (Å²) < 4.78 is 7.77. The van der Waals surface area contributed by atoms with Crippen molar-refractivity contribution in [1.82, 2.24) is 9.88 Å². The third-order valence-corrected chi connectivity index (χ3v) is 4.71. The van der Waals surface area contributed by atoms with Crippen LogP contribution in [0.15, 0.2) is 36.4 Å². The van der Waals surface area contributed by atoms with Crippen LogP contribution in [0.2, 0.25) is 0 Å². The Balaban J connectivity index is 1.85. The van der Waals surface area contributed by atoms with Gasteiger partial charge in [0.25, 0.3) is 5.91 Å². The first kappa shape index (κ1) is 18.2. The zero-order valence-electron chi connectivity index (χ0n) is 15.8. The van der Waals surface area contributed by atoms with Gasteiger partial charge in [-0.05, 0) is 46.6 Å². The Hall–Kier alpha value is -2.56. The number of hydrogen-bond acceptors (Lipinski definition) is 3. The van der Waals surface area contributed by atoms with Crippen LogP contribution in [0.3, 0.4) is 0 Å². The number of amides is 1. The molecule has 1 amide bonds. The molecule has 1 aliphatic carbocycles. The lowest BCUT2D eigenvalue weighted by Crippen LogP contribution is -2.33. The number of aryl methyl sites for hydroxylation is 1. The Kier molecular flexibility index (Phi) is 5.16. The Morgan fingerprint density at radius 3 is 2.35 bits per heavy atom. The lowest BCUT2D eigenvalue weighted by molar-refractivity contribution is -0.130. The van der Waals surface area contributed by atoms with Gasteiger partial charge in [0.15, 0.2) is 0 Å². The molecule has 26 heavy (non-hydrogen) atoms. The van der Waals surface area contributed by atoms with Crippen LogP contribution in [0.4, 0.5) is 0 Å². The van der Waals surface area contributed by atoms with Gasteiger partial charge in [-0.2, -0.15) is 0 Å². The average Bonchev–Trinajstić information content (AvgIpc) is 3.36. The van der Waals surface area contributed by atoms with E-state index in [0.29, 0.717) is 11.1 Å². The quantitative estimate of drug-likeness (QED) is 0.801. The average molecular weight is 354 g/mol. The number of carbonyl (C=O) groups excluding carboxylic acids is 2. The van der Waals surface area contributed by atoms with Gasteiger partial charge in [0, 0.05) is 29.0 Å². The molecule has 0 unspecified atom stereocenters. The number of hydrogen-bond donors (Lipinski definition) is 1. The number of nitrogens with zero attached hydrogens (tertiary/aromatic N) is 1. The van der Waals surface area contributed by atoms with Crippen molar-refractivity contribution < 1.29 is 14.3 Å². The van der Waals surface area contributed by atoms with Gasteiger partial charge >= 0.3 is 5.97 Å². The third-order valence-electron chi connectivity index (χ3n) is 4.71. The Bertz CT molecular complexity index is 804. The molecule has 138 valence electrons. The van der Waals surface area contributed by atoms with E-state index in [9.17, 15) is 9.59 Å². The summed E-state index contributed by atoms with van der Waals surface area (Å²) >= 11 is 0. The van der Waals surface area contributed by atoms with Crippen LogP contribution < -0.4 is 5.32 Å². The summed E-state index contributed by atoms with van der Waals surface area (Å²) in [6.45, 7) is 8.03. The summed E-state index contributed by atoms with van der Waals surface area (Å²) in [5.74, 6) is -0.727. The first-order valence-corrected chi connectivity index (χ1v) is 9.13. The molecule has 1 heterocycles. The Labute approximate surface area is 154 Å². The van der Waals surface area contributed by atoms with Crippen LogP contribution in [-0.4, -0.2) is 22.5 Å². The van der Waals surface area contributed by atoms with Crippen LogP contribution in [0.1, 0.15) is 66.1 Å². The summed E-state index contributed by atoms with van der Waals surface area (Å²) in [5.41, 5.74) is 3.05. The van der Waals surface area contributed by atoms with Gasteiger partial charge in [-0.3, -0.25) is 4.79 Å². The summed E-state index contributed by atoms with van der Waals surface area (Å²) in [6, 6.07) is 11.5.